The first-order valence-corrected chi connectivity index (χ1v) is 12.9. The highest BCUT2D eigenvalue weighted by Crippen LogP contribution is 2.23. The predicted octanol–water partition coefficient (Wildman–Crippen LogP) is 3.88. The number of esters is 1. The summed E-state index contributed by atoms with van der Waals surface area (Å²) in [5.74, 6) is -0.181. The molecule has 0 spiro atoms. The number of piperidine rings is 1. The van der Waals surface area contributed by atoms with E-state index in [0.29, 0.717) is 11.3 Å². The lowest BCUT2D eigenvalue weighted by Crippen LogP contribution is -2.49. The highest BCUT2D eigenvalue weighted by Gasteiger charge is 2.29. The summed E-state index contributed by atoms with van der Waals surface area (Å²) < 4.78 is 35.3. The van der Waals surface area contributed by atoms with Crippen molar-refractivity contribution in [3.63, 3.8) is 0 Å². The molecule has 2 atom stereocenters. The Morgan fingerprint density at radius 2 is 1.61 bits per heavy atom. The van der Waals surface area contributed by atoms with Crippen molar-refractivity contribution in [1.29, 1.82) is 0 Å². The van der Waals surface area contributed by atoms with Crippen molar-refractivity contribution >= 4 is 21.7 Å². The van der Waals surface area contributed by atoms with Gasteiger partial charge in [0.25, 0.3) is 5.91 Å². The number of hydrogen-bond donors (Lipinski definition) is 0. The van der Waals surface area contributed by atoms with Crippen molar-refractivity contribution in [2.75, 3.05) is 19.0 Å². The maximum Gasteiger partial charge on any atom is 0.338 e. The summed E-state index contributed by atoms with van der Waals surface area (Å²) in [7, 11) is -3.40. The Morgan fingerprint density at radius 3 is 2.24 bits per heavy atom. The topological polar surface area (TPSA) is 90.0 Å². The van der Waals surface area contributed by atoms with Gasteiger partial charge in [0.05, 0.1) is 22.8 Å². The van der Waals surface area contributed by atoms with E-state index in [-0.39, 0.29) is 48.3 Å². The zero-order valence-electron chi connectivity index (χ0n) is 19.1. The van der Waals surface area contributed by atoms with Crippen LogP contribution in [0.2, 0.25) is 0 Å². The smallest absolute Gasteiger partial charge is 0.338 e. The maximum absolute atomic E-state index is 12.6. The SMILES string of the molecule is CC1CCCC(C)N1C(=O)COc1ccc(C(=O)OCCCS(=O)(=O)c2ccccc2)cc1. The Labute approximate surface area is 195 Å². The Balaban J connectivity index is 1.43. The first kappa shape index (κ1) is 24.8. The average molecular weight is 474 g/mol. The molecule has 178 valence electrons. The molecule has 1 fully saturated rings. The Bertz CT molecular complexity index is 1030. The van der Waals surface area contributed by atoms with E-state index in [9.17, 15) is 18.0 Å². The lowest BCUT2D eigenvalue weighted by molar-refractivity contribution is -0.139. The van der Waals surface area contributed by atoms with Gasteiger partial charge in [-0.15, -0.1) is 0 Å². The molecule has 0 aliphatic carbocycles. The number of nitrogens with zero attached hydrogens (tertiary/aromatic N) is 1. The predicted molar refractivity (Wildman–Crippen MR) is 125 cm³/mol. The third-order valence-electron chi connectivity index (χ3n) is 5.83. The summed E-state index contributed by atoms with van der Waals surface area (Å²) in [5, 5.41) is 0. The second kappa shape index (κ2) is 11.3. The van der Waals surface area contributed by atoms with Crippen LogP contribution in [0.4, 0.5) is 0 Å². The number of ether oxygens (including phenoxy) is 2. The van der Waals surface area contributed by atoms with Crippen molar-refractivity contribution < 1.29 is 27.5 Å². The van der Waals surface area contributed by atoms with Crippen LogP contribution < -0.4 is 4.74 Å². The van der Waals surface area contributed by atoms with Crippen LogP contribution in [0.15, 0.2) is 59.5 Å². The highest BCUT2D eigenvalue weighted by molar-refractivity contribution is 7.91. The van der Waals surface area contributed by atoms with Gasteiger partial charge in [-0.25, -0.2) is 13.2 Å². The molecule has 0 bridgehead atoms. The van der Waals surface area contributed by atoms with Crippen molar-refractivity contribution in [1.82, 2.24) is 4.90 Å². The van der Waals surface area contributed by atoms with Gasteiger partial charge in [0.1, 0.15) is 5.75 Å². The summed E-state index contributed by atoms with van der Waals surface area (Å²) in [4.78, 5) is 26.9. The van der Waals surface area contributed by atoms with Gasteiger partial charge in [-0.2, -0.15) is 0 Å². The molecule has 3 rings (SSSR count). The van der Waals surface area contributed by atoms with Crippen LogP contribution >= 0.6 is 0 Å². The van der Waals surface area contributed by atoms with E-state index in [2.05, 4.69) is 13.8 Å². The second-order valence-electron chi connectivity index (χ2n) is 8.36. The Morgan fingerprint density at radius 1 is 0.970 bits per heavy atom. The molecule has 1 amide bonds. The number of hydrogen-bond acceptors (Lipinski definition) is 6. The Kier molecular flexibility index (Phi) is 8.49. The van der Waals surface area contributed by atoms with E-state index in [1.54, 1.807) is 54.6 Å². The summed E-state index contributed by atoms with van der Waals surface area (Å²) >= 11 is 0. The van der Waals surface area contributed by atoms with E-state index < -0.39 is 15.8 Å². The van der Waals surface area contributed by atoms with Crippen LogP contribution in [0.25, 0.3) is 0 Å². The van der Waals surface area contributed by atoms with Crippen LogP contribution in [-0.4, -0.2) is 56.2 Å². The van der Waals surface area contributed by atoms with Crippen LogP contribution in [0.3, 0.4) is 0 Å². The zero-order chi connectivity index (χ0) is 23.8. The van der Waals surface area contributed by atoms with Crippen LogP contribution in [0.5, 0.6) is 5.75 Å². The second-order valence-corrected chi connectivity index (χ2v) is 10.5. The molecule has 0 saturated carbocycles. The first-order valence-electron chi connectivity index (χ1n) is 11.3. The van der Waals surface area contributed by atoms with Crippen molar-refractivity contribution in [3.05, 3.63) is 60.2 Å². The highest BCUT2D eigenvalue weighted by atomic mass is 32.2. The molecule has 2 aromatic rings. The molecular formula is C25H31NO6S. The fourth-order valence-electron chi connectivity index (χ4n) is 4.06. The third-order valence-corrected chi connectivity index (χ3v) is 7.64. The van der Waals surface area contributed by atoms with Gasteiger partial charge in [-0.3, -0.25) is 4.79 Å². The lowest BCUT2D eigenvalue weighted by Gasteiger charge is -2.38. The number of rotatable bonds is 9. The third kappa shape index (κ3) is 6.81. The summed E-state index contributed by atoms with van der Waals surface area (Å²) in [6.07, 6.45) is 3.35. The van der Waals surface area contributed by atoms with Gasteiger partial charge in [0, 0.05) is 12.1 Å². The van der Waals surface area contributed by atoms with Gasteiger partial charge in [-0.05, 0) is 75.9 Å². The molecule has 33 heavy (non-hydrogen) atoms. The Hall–Kier alpha value is -2.87. The van der Waals surface area contributed by atoms with Gasteiger partial charge in [0.2, 0.25) is 0 Å². The van der Waals surface area contributed by atoms with Crippen LogP contribution in [0.1, 0.15) is 49.9 Å². The summed E-state index contributed by atoms with van der Waals surface area (Å²) in [6, 6.07) is 15.0. The molecule has 0 radical (unpaired) electrons. The summed E-state index contributed by atoms with van der Waals surface area (Å²) in [6.45, 7) is 4.08. The van der Waals surface area contributed by atoms with Gasteiger partial charge >= 0.3 is 5.97 Å². The van der Waals surface area contributed by atoms with E-state index >= 15 is 0 Å². The van der Waals surface area contributed by atoms with E-state index in [4.69, 9.17) is 9.47 Å². The van der Waals surface area contributed by atoms with Crippen molar-refractivity contribution in [3.8, 4) is 5.75 Å². The maximum atomic E-state index is 12.6. The van der Waals surface area contributed by atoms with Gasteiger partial charge in [0.15, 0.2) is 16.4 Å². The first-order chi connectivity index (χ1) is 15.8. The molecule has 2 unspecified atom stereocenters. The molecule has 1 aliphatic rings. The van der Waals surface area contributed by atoms with E-state index in [1.807, 2.05) is 4.90 Å². The van der Waals surface area contributed by atoms with Gasteiger partial charge in [-0.1, -0.05) is 18.2 Å². The number of likely N-dealkylation sites (tertiary alicyclic amines) is 1. The molecule has 8 heteroatoms. The molecule has 0 N–H and O–H groups in total. The summed E-state index contributed by atoms with van der Waals surface area (Å²) in [5.41, 5.74) is 0.331. The van der Waals surface area contributed by atoms with Crippen molar-refractivity contribution in [2.45, 2.75) is 56.5 Å². The van der Waals surface area contributed by atoms with Gasteiger partial charge < -0.3 is 14.4 Å². The molecule has 1 aliphatic heterocycles. The number of carbonyl (C=O) groups is 2. The zero-order valence-corrected chi connectivity index (χ0v) is 19.9. The number of carbonyl (C=O) groups excluding carboxylic acids is 2. The minimum atomic E-state index is -3.40. The standard InChI is InChI=1S/C25H31NO6S/c1-19-8-6-9-20(2)26(19)24(27)18-32-22-14-12-21(13-15-22)25(28)31-16-7-17-33(29,30)23-10-4-3-5-11-23/h3-5,10-15,19-20H,6-9,16-18H2,1-2H3. The minimum absolute atomic E-state index is 0.00382. The van der Waals surface area contributed by atoms with Crippen LogP contribution in [-0.2, 0) is 19.4 Å². The molecule has 1 saturated heterocycles. The molecule has 7 nitrogen and oxygen atoms in total. The molecule has 0 aromatic heterocycles. The fourth-order valence-corrected chi connectivity index (χ4v) is 5.37. The molecular weight excluding hydrogens is 442 g/mol. The largest absolute Gasteiger partial charge is 0.484 e. The van der Waals surface area contributed by atoms with E-state index in [0.717, 1.165) is 19.3 Å². The normalized spacial score (nSPS) is 18.5. The quantitative estimate of drug-likeness (QED) is 0.406. The van der Waals surface area contributed by atoms with E-state index in [1.165, 1.54) is 0 Å². The monoisotopic (exact) mass is 473 g/mol. The fraction of sp³-hybridized carbons (Fsp3) is 0.440. The number of amides is 1. The molecule has 1 heterocycles. The number of sulfone groups is 1. The average Bonchev–Trinajstić information content (AvgIpc) is 2.81. The number of benzene rings is 2. The van der Waals surface area contributed by atoms with Crippen LogP contribution in [0, 0.1) is 0 Å². The van der Waals surface area contributed by atoms with Crippen molar-refractivity contribution in [2.24, 2.45) is 0 Å². The lowest BCUT2D eigenvalue weighted by atomic mass is 9.97. The molecule has 2 aromatic carbocycles. The minimum Gasteiger partial charge on any atom is -0.484 e.